The van der Waals surface area contributed by atoms with E-state index >= 15 is 0 Å². The zero-order valence-corrected chi connectivity index (χ0v) is 9.03. The number of hydrogen-bond donors (Lipinski definition) is 0. The first-order valence-electron chi connectivity index (χ1n) is 5.49. The second kappa shape index (κ2) is 8.83. The third-order valence-electron chi connectivity index (χ3n) is 2.33. The quantitative estimate of drug-likeness (QED) is 0.382. The summed E-state index contributed by atoms with van der Waals surface area (Å²) in [4.78, 5) is 0. The molecule has 12 heavy (non-hydrogen) atoms. The Hall–Kier alpha value is -0.260. The molecule has 0 aliphatic heterocycles. The molecule has 0 heterocycles. The third-order valence-corrected chi connectivity index (χ3v) is 2.33. The van der Waals surface area contributed by atoms with E-state index in [0.717, 1.165) is 0 Å². The van der Waals surface area contributed by atoms with Gasteiger partial charge in [0.15, 0.2) is 0 Å². The molecular weight excluding hydrogens is 144 g/mol. The van der Waals surface area contributed by atoms with E-state index < -0.39 is 0 Å². The topological polar surface area (TPSA) is 0 Å². The van der Waals surface area contributed by atoms with Crippen LogP contribution in [0.1, 0.15) is 65.7 Å². The Morgan fingerprint density at radius 3 is 2.17 bits per heavy atom. The van der Waals surface area contributed by atoms with E-state index in [1.807, 2.05) is 0 Å². The maximum atomic E-state index is 2.30. The van der Waals surface area contributed by atoms with Crippen LogP contribution in [-0.4, -0.2) is 0 Å². The summed E-state index contributed by atoms with van der Waals surface area (Å²) in [7, 11) is 0. The molecule has 0 aromatic carbocycles. The summed E-state index contributed by atoms with van der Waals surface area (Å²) in [5.74, 6) is 0. The highest BCUT2D eigenvalue weighted by molar-refractivity contribution is 4.99. The molecule has 0 unspecified atom stereocenters. The van der Waals surface area contributed by atoms with Gasteiger partial charge in [0.05, 0.1) is 0 Å². The molecule has 0 spiro atoms. The molecule has 0 rings (SSSR count). The minimum absolute atomic E-state index is 1.30. The molecule has 0 heteroatoms. The Labute approximate surface area is 78.1 Å². The standard InChI is InChI=1S/C12H24/c1-4-7-8-9-11-12(6-3)10-5-2/h6H,4-5,7-11H2,1-3H3/b12-6+. The summed E-state index contributed by atoms with van der Waals surface area (Å²) >= 11 is 0. The highest BCUT2D eigenvalue weighted by Crippen LogP contribution is 2.14. The SMILES string of the molecule is C/C=C(\CCC)CCCCCC. The van der Waals surface area contributed by atoms with Gasteiger partial charge in [0.1, 0.15) is 0 Å². The van der Waals surface area contributed by atoms with Crippen molar-refractivity contribution in [3.63, 3.8) is 0 Å². The number of hydrogen-bond acceptors (Lipinski definition) is 0. The lowest BCUT2D eigenvalue weighted by Crippen LogP contribution is -1.84. The van der Waals surface area contributed by atoms with Gasteiger partial charge >= 0.3 is 0 Å². The summed E-state index contributed by atoms with van der Waals surface area (Å²) in [6, 6.07) is 0. The Morgan fingerprint density at radius 1 is 0.917 bits per heavy atom. The van der Waals surface area contributed by atoms with Crippen LogP contribution in [-0.2, 0) is 0 Å². The van der Waals surface area contributed by atoms with Gasteiger partial charge in [-0.05, 0) is 26.2 Å². The maximum Gasteiger partial charge on any atom is -0.0320 e. The van der Waals surface area contributed by atoms with Crippen molar-refractivity contribution >= 4 is 0 Å². The Bertz CT molecular complexity index is 111. The van der Waals surface area contributed by atoms with E-state index in [0.29, 0.717) is 0 Å². The van der Waals surface area contributed by atoms with Crippen LogP contribution in [0.4, 0.5) is 0 Å². The van der Waals surface area contributed by atoms with Crippen LogP contribution in [0, 0.1) is 0 Å². The molecular formula is C12H24. The molecule has 0 aliphatic carbocycles. The first-order valence-corrected chi connectivity index (χ1v) is 5.49. The molecule has 0 atom stereocenters. The summed E-state index contributed by atoms with van der Waals surface area (Å²) in [6.07, 6.45) is 11.8. The first-order chi connectivity index (χ1) is 5.85. The summed E-state index contributed by atoms with van der Waals surface area (Å²) in [5.41, 5.74) is 1.66. The smallest absolute Gasteiger partial charge is 0.0320 e. The Balaban J connectivity index is 3.33. The van der Waals surface area contributed by atoms with Gasteiger partial charge in [-0.25, -0.2) is 0 Å². The molecule has 0 bridgehead atoms. The van der Waals surface area contributed by atoms with Gasteiger partial charge in [0.25, 0.3) is 0 Å². The molecule has 0 nitrogen and oxygen atoms in total. The number of unbranched alkanes of at least 4 members (excludes halogenated alkanes) is 3. The van der Waals surface area contributed by atoms with Crippen molar-refractivity contribution in [2.45, 2.75) is 65.7 Å². The molecule has 0 N–H and O–H groups in total. The zero-order valence-electron chi connectivity index (χ0n) is 9.03. The van der Waals surface area contributed by atoms with Crippen LogP contribution in [0.2, 0.25) is 0 Å². The second-order valence-corrected chi connectivity index (χ2v) is 3.51. The molecule has 0 aromatic heterocycles. The van der Waals surface area contributed by atoms with Crippen molar-refractivity contribution in [3.05, 3.63) is 11.6 Å². The Kier molecular flexibility index (Phi) is 8.64. The monoisotopic (exact) mass is 168 g/mol. The minimum atomic E-state index is 1.30. The van der Waals surface area contributed by atoms with E-state index in [4.69, 9.17) is 0 Å². The lowest BCUT2D eigenvalue weighted by molar-refractivity contribution is 0.651. The number of rotatable bonds is 7. The van der Waals surface area contributed by atoms with Gasteiger partial charge in [-0.15, -0.1) is 0 Å². The van der Waals surface area contributed by atoms with Crippen LogP contribution in [0.25, 0.3) is 0 Å². The molecule has 0 saturated carbocycles. The molecule has 0 fully saturated rings. The van der Waals surface area contributed by atoms with E-state index in [-0.39, 0.29) is 0 Å². The lowest BCUT2D eigenvalue weighted by atomic mass is 10.0. The van der Waals surface area contributed by atoms with Gasteiger partial charge in [-0.2, -0.15) is 0 Å². The molecule has 0 aliphatic rings. The van der Waals surface area contributed by atoms with Crippen LogP contribution in [0.15, 0.2) is 11.6 Å². The van der Waals surface area contributed by atoms with Crippen molar-refractivity contribution < 1.29 is 0 Å². The number of allylic oxidation sites excluding steroid dienone is 2. The van der Waals surface area contributed by atoms with Gasteiger partial charge in [-0.3, -0.25) is 0 Å². The second-order valence-electron chi connectivity index (χ2n) is 3.51. The van der Waals surface area contributed by atoms with Crippen molar-refractivity contribution in [1.29, 1.82) is 0 Å². The summed E-state index contributed by atoms with van der Waals surface area (Å²) < 4.78 is 0. The van der Waals surface area contributed by atoms with Gasteiger partial charge < -0.3 is 0 Å². The fraction of sp³-hybridized carbons (Fsp3) is 0.833. The summed E-state index contributed by atoms with van der Waals surface area (Å²) in [5, 5.41) is 0. The zero-order chi connectivity index (χ0) is 9.23. The highest BCUT2D eigenvalue weighted by atomic mass is 14.0. The van der Waals surface area contributed by atoms with E-state index in [9.17, 15) is 0 Å². The normalized spacial score (nSPS) is 12.1. The largest absolute Gasteiger partial charge is 0.0885 e. The average Bonchev–Trinajstić information content (AvgIpc) is 2.10. The fourth-order valence-electron chi connectivity index (χ4n) is 1.51. The van der Waals surface area contributed by atoms with Gasteiger partial charge in [0.2, 0.25) is 0 Å². The predicted molar refractivity (Wildman–Crippen MR) is 57.4 cm³/mol. The average molecular weight is 168 g/mol. The lowest BCUT2D eigenvalue weighted by Gasteiger charge is -2.04. The van der Waals surface area contributed by atoms with Crippen molar-refractivity contribution in [2.24, 2.45) is 0 Å². The van der Waals surface area contributed by atoms with E-state index in [1.165, 1.54) is 44.9 Å². The Morgan fingerprint density at radius 2 is 1.67 bits per heavy atom. The van der Waals surface area contributed by atoms with Crippen molar-refractivity contribution in [1.82, 2.24) is 0 Å². The van der Waals surface area contributed by atoms with Crippen LogP contribution in [0.5, 0.6) is 0 Å². The van der Waals surface area contributed by atoms with Crippen molar-refractivity contribution in [3.8, 4) is 0 Å². The first kappa shape index (κ1) is 11.7. The van der Waals surface area contributed by atoms with E-state index in [1.54, 1.807) is 5.57 Å². The third kappa shape index (κ3) is 6.45. The highest BCUT2D eigenvalue weighted by Gasteiger charge is 1.94. The maximum absolute atomic E-state index is 2.30. The summed E-state index contributed by atoms with van der Waals surface area (Å²) in [6.45, 7) is 6.70. The van der Waals surface area contributed by atoms with E-state index in [2.05, 4.69) is 26.8 Å². The van der Waals surface area contributed by atoms with Gasteiger partial charge in [-0.1, -0.05) is 51.2 Å². The minimum Gasteiger partial charge on any atom is -0.0885 e. The molecule has 0 radical (unpaired) electrons. The molecule has 0 amide bonds. The fourth-order valence-corrected chi connectivity index (χ4v) is 1.51. The van der Waals surface area contributed by atoms with Gasteiger partial charge in [0, 0.05) is 0 Å². The predicted octanol–water partition coefficient (Wildman–Crippen LogP) is 4.70. The molecule has 72 valence electrons. The van der Waals surface area contributed by atoms with Crippen LogP contribution >= 0.6 is 0 Å². The van der Waals surface area contributed by atoms with Crippen molar-refractivity contribution in [2.75, 3.05) is 0 Å². The van der Waals surface area contributed by atoms with Crippen LogP contribution < -0.4 is 0 Å². The van der Waals surface area contributed by atoms with Crippen LogP contribution in [0.3, 0.4) is 0 Å². The molecule has 0 saturated heterocycles. The molecule has 0 aromatic rings.